The Labute approximate surface area is 172 Å². The number of amides is 1. The van der Waals surface area contributed by atoms with Gasteiger partial charge in [0, 0.05) is 25.1 Å². The van der Waals surface area contributed by atoms with Gasteiger partial charge in [-0.1, -0.05) is 53.7 Å². The number of ether oxygens (including phenoxy) is 1. The number of likely N-dealkylation sites (tertiary alicyclic amines) is 1. The lowest BCUT2D eigenvalue weighted by Gasteiger charge is -2.47. The molecule has 0 radical (unpaired) electrons. The van der Waals surface area contributed by atoms with Crippen LogP contribution in [0.15, 0.2) is 65.4 Å². The molecule has 7 nitrogen and oxygen atoms in total. The molecule has 1 aliphatic carbocycles. The Morgan fingerprint density at radius 2 is 1.70 bits per heavy atom. The molecular weight excluding hydrogens is 384 g/mol. The second-order valence-corrected chi connectivity index (χ2v) is 7.90. The summed E-state index contributed by atoms with van der Waals surface area (Å²) in [6.45, 7) is 0.713. The van der Waals surface area contributed by atoms with Crippen LogP contribution in [0.5, 0.6) is 0 Å². The van der Waals surface area contributed by atoms with Gasteiger partial charge >= 0.3 is 12.1 Å². The Hall–Kier alpha value is -3.61. The van der Waals surface area contributed by atoms with E-state index in [0.29, 0.717) is 5.69 Å². The van der Waals surface area contributed by atoms with E-state index in [9.17, 15) is 14.7 Å². The SMILES string of the molecule is O=C(O)CC1(c2ccon2)CN(C(=O)OCC2c3ccccc3-c3ccccc32)C1. The molecule has 0 bridgehead atoms. The fourth-order valence-electron chi connectivity index (χ4n) is 4.64. The molecule has 1 N–H and O–H groups in total. The molecule has 3 aromatic rings. The topological polar surface area (TPSA) is 92.9 Å². The largest absolute Gasteiger partial charge is 0.481 e. The zero-order valence-corrected chi connectivity index (χ0v) is 16.2. The third kappa shape index (κ3) is 2.94. The van der Waals surface area contributed by atoms with Crippen molar-refractivity contribution >= 4 is 12.1 Å². The standard InChI is InChI=1S/C23H20N2O5/c26-21(27)11-23(20-9-10-30-24-20)13-25(14-23)22(28)29-12-19-17-7-3-1-5-15(17)16-6-2-4-8-18(16)19/h1-10,19H,11-14H2,(H,26,27). The first-order chi connectivity index (χ1) is 14.6. The van der Waals surface area contributed by atoms with Crippen LogP contribution >= 0.6 is 0 Å². The summed E-state index contributed by atoms with van der Waals surface area (Å²) in [6, 6.07) is 18.0. The quantitative estimate of drug-likeness (QED) is 0.698. The number of aliphatic carboxylic acids is 1. The van der Waals surface area contributed by atoms with Crippen LogP contribution in [0, 0.1) is 0 Å². The van der Waals surface area contributed by atoms with Crippen molar-refractivity contribution in [2.24, 2.45) is 0 Å². The maximum atomic E-state index is 12.7. The first kappa shape index (κ1) is 18.4. The molecule has 0 spiro atoms. The van der Waals surface area contributed by atoms with Gasteiger partial charge in [0.05, 0.1) is 17.5 Å². The lowest BCUT2D eigenvalue weighted by molar-refractivity contribution is -0.140. The highest BCUT2D eigenvalue weighted by Crippen LogP contribution is 2.45. The average molecular weight is 404 g/mol. The van der Waals surface area contributed by atoms with E-state index in [1.165, 1.54) is 22.3 Å². The van der Waals surface area contributed by atoms with Crippen molar-refractivity contribution in [2.45, 2.75) is 17.8 Å². The van der Waals surface area contributed by atoms with E-state index in [1.807, 2.05) is 24.3 Å². The van der Waals surface area contributed by atoms with E-state index in [1.54, 1.807) is 6.07 Å². The van der Waals surface area contributed by atoms with E-state index < -0.39 is 17.5 Å². The lowest BCUT2D eigenvalue weighted by atomic mass is 9.74. The van der Waals surface area contributed by atoms with Gasteiger partial charge in [-0.2, -0.15) is 0 Å². The maximum Gasteiger partial charge on any atom is 0.409 e. The van der Waals surface area contributed by atoms with E-state index in [-0.39, 0.29) is 32.0 Å². The van der Waals surface area contributed by atoms with Crippen LogP contribution in [0.1, 0.15) is 29.2 Å². The number of aromatic nitrogens is 1. The zero-order chi connectivity index (χ0) is 20.7. The van der Waals surface area contributed by atoms with Crippen LogP contribution < -0.4 is 0 Å². The normalized spacial score (nSPS) is 16.5. The van der Waals surface area contributed by atoms with Crippen molar-refractivity contribution in [3.8, 4) is 11.1 Å². The molecular formula is C23H20N2O5. The highest BCUT2D eigenvalue weighted by molar-refractivity contribution is 5.79. The summed E-state index contributed by atoms with van der Waals surface area (Å²) < 4.78 is 10.5. The summed E-state index contributed by atoms with van der Waals surface area (Å²) >= 11 is 0. The Morgan fingerprint density at radius 1 is 1.07 bits per heavy atom. The van der Waals surface area contributed by atoms with Gasteiger partial charge in [0.1, 0.15) is 12.9 Å². The molecule has 2 aromatic carbocycles. The molecule has 2 heterocycles. The zero-order valence-electron chi connectivity index (χ0n) is 16.2. The van der Waals surface area contributed by atoms with Crippen molar-refractivity contribution in [1.82, 2.24) is 10.1 Å². The van der Waals surface area contributed by atoms with Gasteiger partial charge in [-0.15, -0.1) is 0 Å². The summed E-state index contributed by atoms with van der Waals surface area (Å²) in [4.78, 5) is 25.5. The minimum Gasteiger partial charge on any atom is -0.481 e. The Morgan fingerprint density at radius 3 is 2.27 bits per heavy atom. The molecule has 2 aliphatic rings. The molecule has 7 heteroatoms. The number of carbonyl (C=O) groups excluding carboxylic acids is 1. The second-order valence-electron chi connectivity index (χ2n) is 7.90. The number of carboxylic acid groups (broad SMARTS) is 1. The molecule has 1 aromatic heterocycles. The summed E-state index contributed by atoms with van der Waals surface area (Å²) in [7, 11) is 0. The van der Waals surface area contributed by atoms with Gasteiger partial charge in [-0.3, -0.25) is 4.79 Å². The van der Waals surface area contributed by atoms with Gasteiger partial charge < -0.3 is 19.3 Å². The van der Waals surface area contributed by atoms with Crippen molar-refractivity contribution in [3.63, 3.8) is 0 Å². The molecule has 1 amide bonds. The minimum absolute atomic E-state index is 0.0121. The van der Waals surface area contributed by atoms with Crippen LogP contribution in [-0.4, -0.2) is 46.9 Å². The molecule has 0 unspecified atom stereocenters. The number of carboxylic acids is 1. The Kier molecular flexibility index (Phi) is 4.31. The summed E-state index contributed by atoms with van der Waals surface area (Å²) in [6.07, 6.45) is 0.850. The third-order valence-electron chi connectivity index (χ3n) is 6.05. The van der Waals surface area contributed by atoms with Crippen molar-refractivity contribution in [2.75, 3.05) is 19.7 Å². The molecule has 0 saturated carbocycles. The van der Waals surface area contributed by atoms with Crippen molar-refractivity contribution < 1.29 is 24.0 Å². The number of hydrogen-bond acceptors (Lipinski definition) is 5. The Bertz CT molecular complexity index is 1060. The number of fused-ring (bicyclic) bond motifs is 3. The minimum atomic E-state index is -0.940. The summed E-state index contributed by atoms with van der Waals surface area (Å²) in [5.41, 5.74) is 4.46. The fourth-order valence-corrected chi connectivity index (χ4v) is 4.64. The molecule has 30 heavy (non-hydrogen) atoms. The van der Waals surface area contributed by atoms with Gasteiger partial charge in [-0.25, -0.2) is 4.79 Å². The van der Waals surface area contributed by atoms with Crippen LogP contribution in [0.4, 0.5) is 4.79 Å². The monoisotopic (exact) mass is 404 g/mol. The van der Waals surface area contributed by atoms with Crippen LogP contribution in [0.2, 0.25) is 0 Å². The molecule has 0 atom stereocenters. The number of benzene rings is 2. The second kappa shape index (κ2) is 7.02. The van der Waals surface area contributed by atoms with Gasteiger partial charge in [-0.05, 0) is 22.3 Å². The molecule has 1 fully saturated rings. The number of nitrogens with zero attached hydrogens (tertiary/aromatic N) is 2. The predicted molar refractivity (Wildman–Crippen MR) is 107 cm³/mol. The van der Waals surface area contributed by atoms with Crippen LogP contribution in [0.3, 0.4) is 0 Å². The highest BCUT2D eigenvalue weighted by Gasteiger charge is 2.50. The molecule has 1 saturated heterocycles. The first-order valence-electron chi connectivity index (χ1n) is 9.80. The third-order valence-corrected chi connectivity index (χ3v) is 6.05. The summed E-state index contributed by atoms with van der Waals surface area (Å²) in [5, 5.41) is 13.2. The summed E-state index contributed by atoms with van der Waals surface area (Å²) in [5.74, 6) is -0.952. The average Bonchev–Trinajstić information content (AvgIpc) is 3.35. The van der Waals surface area contributed by atoms with Crippen molar-refractivity contribution in [3.05, 3.63) is 77.7 Å². The highest BCUT2D eigenvalue weighted by atomic mass is 16.6. The molecule has 1 aliphatic heterocycles. The maximum absolute atomic E-state index is 12.7. The molecule has 152 valence electrons. The smallest absolute Gasteiger partial charge is 0.409 e. The van der Waals surface area contributed by atoms with E-state index in [0.717, 1.165) is 11.1 Å². The fraction of sp³-hybridized carbons (Fsp3) is 0.261. The van der Waals surface area contributed by atoms with Crippen LogP contribution in [0.25, 0.3) is 11.1 Å². The van der Waals surface area contributed by atoms with Gasteiger partial charge in [0.15, 0.2) is 0 Å². The van der Waals surface area contributed by atoms with Crippen molar-refractivity contribution in [1.29, 1.82) is 0 Å². The number of hydrogen-bond donors (Lipinski definition) is 1. The van der Waals surface area contributed by atoms with E-state index >= 15 is 0 Å². The van der Waals surface area contributed by atoms with E-state index in [4.69, 9.17) is 9.26 Å². The van der Waals surface area contributed by atoms with Gasteiger partial charge in [0.2, 0.25) is 0 Å². The van der Waals surface area contributed by atoms with E-state index in [2.05, 4.69) is 29.4 Å². The van der Waals surface area contributed by atoms with Crippen LogP contribution in [-0.2, 0) is 14.9 Å². The van der Waals surface area contributed by atoms with Gasteiger partial charge in [0.25, 0.3) is 0 Å². The Balaban J connectivity index is 1.28. The first-order valence-corrected chi connectivity index (χ1v) is 9.80. The predicted octanol–water partition coefficient (Wildman–Crippen LogP) is 3.65. The number of carbonyl (C=O) groups is 2. The number of rotatable bonds is 5. The lowest BCUT2D eigenvalue weighted by Crippen LogP contribution is -2.62. The molecule has 5 rings (SSSR count).